The van der Waals surface area contributed by atoms with Gasteiger partial charge in [0.1, 0.15) is 0 Å². The van der Waals surface area contributed by atoms with Gasteiger partial charge < -0.3 is 5.32 Å². The van der Waals surface area contributed by atoms with Gasteiger partial charge in [-0.2, -0.15) is 0 Å². The van der Waals surface area contributed by atoms with Gasteiger partial charge >= 0.3 is 0 Å². The van der Waals surface area contributed by atoms with E-state index in [-0.39, 0.29) is 19.0 Å². The van der Waals surface area contributed by atoms with Gasteiger partial charge in [-0.05, 0) is 30.7 Å². The van der Waals surface area contributed by atoms with Crippen LogP contribution in [0.15, 0.2) is 54.6 Å². The third kappa shape index (κ3) is 4.56. The number of anilines is 1. The Hall–Kier alpha value is -2.34. The molecule has 0 aliphatic heterocycles. The van der Waals surface area contributed by atoms with E-state index < -0.39 is 10.0 Å². The highest BCUT2D eigenvalue weighted by molar-refractivity contribution is 7.92. The monoisotopic (exact) mass is 332 g/mol. The Kier molecular flexibility index (Phi) is 5.39. The van der Waals surface area contributed by atoms with Gasteiger partial charge in [0, 0.05) is 12.1 Å². The van der Waals surface area contributed by atoms with E-state index in [1.54, 1.807) is 36.4 Å². The quantitative estimate of drug-likeness (QED) is 0.882. The third-order valence-corrected chi connectivity index (χ3v) is 4.60. The highest BCUT2D eigenvalue weighted by atomic mass is 32.2. The maximum atomic E-state index is 12.0. The first kappa shape index (κ1) is 17.0. The number of amides is 1. The van der Waals surface area contributed by atoms with E-state index in [9.17, 15) is 13.2 Å². The molecule has 1 N–H and O–H groups in total. The Morgan fingerprint density at radius 3 is 2.26 bits per heavy atom. The summed E-state index contributed by atoms with van der Waals surface area (Å²) in [5, 5.41) is 2.75. The lowest BCUT2D eigenvalue weighted by Gasteiger charge is -2.24. The molecular weight excluding hydrogens is 312 g/mol. The summed E-state index contributed by atoms with van der Waals surface area (Å²) in [6, 6.07) is 16.1. The number of nitrogens with one attached hydrogen (secondary N) is 1. The average Bonchev–Trinajstić information content (AvgIpc) is 2.52. The lowest BCUT2D eigenvalue weighted by molar-refractivity contribution is 0.0955. The molecule has 0 saturated carbocycles. The van der Waals surface area contributed by atoms with Crippen molar-refractivity contribution >= 4 is 21.6 Å². The largest absolute Gasteiger partial charge is 0.350 e. The molecule has 2 aromatic carbocycles. The SMILES string of the molecule is Cc1ccccc1N(CCNC(=O)c1ccccc1)S(C)(=O)=O. The van der Waals surface area contributed by atoms with E-state index in [1.165, 1.54) is 10.6 Å². The smallest absolute Gasteiger partial charge is 0.251 e. The number of sulfonamides is 1. The summed E-state index contributed by atoms with van der Waals surface area (Å²) in [6.45, 7) is 2.27. The Bertz CT molecular complexity index is 773. The van der Waals surface area contributed by atoms with Crippen molar-refractivity contribution in [3.05, 3.63) is 65.7 Å². The summed E-state index contributed by atoms with van der Waals surface area (Å²) >= 11 is 0. The number of nitrogens with zero attached hydrogens (tertiary/aromatic N) is 1. The van der Waals surface area contributed by atoms with Crippen LogP contribution in [0.25, 0.3) is 0 Å². The van der Waals surface area contributed by atoms with Gasteiger partial charge in [-0.1, -0.05) is 36.4 Å². The Morgan fingerprint density at radius 1 is 1.04 bits per heavy atom. The first-order chi connectivity index (χ1) is 10.9. The molecule has 0 heterocycles. The van der Waals surface area contributed by atoms with Crippen molar-refractivity contribution in [3.63, 3.8) is 0 Å². The molecule has 0 bridgehead atoms. The van der Waals surface area contributed by atoms with Crippen molar-refractivity contribution in [2.75, 3.05) is 23.7 Å². The number of para-hydroxylation sites is 1. The number of carbonyl (C=O) groups excluding carboxylic acids is 1. The Labute approximate surface area is 137 Å². The van der Waals surface area contributed by atoms with Crippen LogP contribution in [0.4, 0.5) is 5.69 Å². The molecule has 5 nitrogen and oxygen atoms in total. The lowest BCUT2D eigenvalue weighted by Crippen LogP contribution is -2.38. The zero-order valence-corrected chi connectivity index (χ0v) is 14.0. The normalized spacial score (nSPS) is 11.0. The number of rotatable bonds is 6. The van der Waals surface area contributed by atoms with E-state index in [0.717, 1.165) is 5.56 Å². The van der Waals surface area contributed by atoms with Crippen LogP contribution in [-0.4, -0.2) is 33.7 Å². The topological polar surface area (TPSA) is 66.5 Å². The zero-order chi connectivity index (χ0) is 16.9. The van der Waals surface area contributed by atoms with Crippen LogP contribution in [-0.2, 0) is 10.0 Å². The lowest BCUT2D eigenvalue weighted by atomic mass is 10.2. The van der Waals surface area contributed by atoms with Crippen LogP contribution in [0.1, 0.15) is 15.9 Å². The molecule has 0 spiro atoms. The van der Waals surface area contributed by atoms with Crippen molar-refractivity contribution in [2.24, 2.45) is 0 Å². The summed E-state index contributed by atoms with van der Waals surface area (Å²) < 4.78 is 25.4. The molecule has 6 heteroatoms. The minimum atomic E-state index is -3.42. The first-order valence-corrected chi connectivity index (χ1v) is 9.11. The van der Waals surface area contributed by atoms with Crippen molar-refractivity contribution < 1.29 is 13.2 Å². The van der Waals surface area contributed by atoms with E-state index in [2.05, 4.69) is 5.32 Å². The second-order valence-corrected chi connectivity index (χ2v) is 7.15. The van der Waals surface area contributed by atoms with Gasteiger partial charge in [0.2, 0.25) is 10.0 Å². The van der Waals surface area contributed by atoms with Crippen LogP contribution in [0.5, 0.6) is 0 Å². The summed E-state index contributed by atoms with van der Waals surface area (Å²) in [5.74, 6) is -0.219. The number of aryl methyl sites for hydroxylation is 1. The molecule has 23 heavy (non-hydrogen) atoms. The fourth-order valence-electron chi connectivity index (χ4n) is 2.27. The van der Waals surface area contributed by atoms with Crippen LogP contribution in [0.3, 0.4) is 0 Å². The zero-order valence-electron chi connectivity index (χ0n) is 13.2. The van der Waals surface area contributed by atoms with Crippen LogP contribution in [0.2, 0.25) is 0 Å². The number of benzene rings is 2. The van der Waals surface area contributed by atoms with Crippen LogP contribution >= 0.6 is 0 Å². The number of hydrogen-bond donors (Lipinski definition) is 1. The van der Waals surface area contributed by atoms with Gasteiger partial charge in [0.25, 0.3) is 5.91 Å². The summed E-state index contributed by atoms with van der Waals surface area (Å²) in [7, 11) is -3.42. The van der Waals surface area contributed by atoms with Gasteiger partial charge in [0.05, 0.1) is 18.5 Å². The first-order valence-electron chi connectivity index (χ1n) is 7.26. The molecule has 0 unspecified atom stereocenters. The second-order valence-electron chi connectivity index (χ2n) is 5.24. The summed E-state index contributed by atoms with van der Waals surface area (Å²) in [6.07, 6.45) is 1.17. The maximum absolute atomic E-state index is 12.0. The van der Waals surface area contributed by atoms with Gasteiger partial charge in [-0.3, -0.25) is 9.10 Å². The third-order valence-electron chi connectivity index (χ3n) is 3.42. The van der Waals surface area contributed by atoms with E-state index in [4.69, 9.17) is 0 Å². The molecule has 0 aromatic heterocycles. The second kappa shape index (κ2) is 7.28. The predicted octanol–water partition coefficient (Wildman–Crippen LogP) is 2.19. The van der Waals surface area contributed by atoms with Crippen molar-refractivity contribution in [3.8, 4) is 0 Å². The molecule has 0 aliphatic rings. The van der Waals surface area contributed by atoms with Gasteiger partial charge in [0.15, 0.2) is 0 Å². The van der Waals surface area contributed by atoms with Crippen molar-refractivity contribution in [1.82, 2.24) is 5.32 Å². The van der Waals surface area contributed by atoms with Crippen molar-refractivity contribution in [2.45, 2.75) is 6.92 Å². The van der Waals surface area contributed by atoms with E-state index in [0.29, 0.717) is 11.3 Å². The molecule has 122 valence electrons. The Morgan fingerprint density at radius 2 is 1.65 bits per heavy atom. The van der Waals surface area contributed by atoms with Gasteiger partial charge in [-0.25, -0.2) is 8.42 Å². The molecule has 2 rings (SSSR count). The molecular formula is C17H20N2O3S. The maximum Gasteiger partial charge on any atom is 0.251 e. The fraction of sp³-hybridized carbons (Fsp3) is 0.235. The molecule has 0 atom stereocenters. The summed E-state index contributed by atoms with van der Waals surface area (Å²) in [4.78, 5) is 12.0. The standard InChI is InChI=1S/C17H20N2O3S/c1-14-8-6-7-11-16(14)19(23(2,21)22)13-12-18-17(20)15-9-4-3-5-10-15/h3-11H,12-13H2,1-2H3,(H,18,20). The minimum absolute atomic E-state index is 0.183. The predicted molar refractivity (Wildman–Crippen MR) is 92.1 cm³/mol. The Balaban J connectivity index is 2.06. The number of hydrogen-bond acceptors (Lipinski definition) is 3. The fourth-order valence-corrected chi connectivity index (χ4v) is 3.26. The molecule has 1 amide bonds. The van der Waals surface area contributed by atoms with E-state index >= 15 is 0 Å². The summed E-state index contributed by atoms with van der Waals surface area (Å²) in [5.41, 5.74) is 2.05. The highest BCUT2D eigenvalue weighted by Gasteiger charge is 2.18. The highest BCUT2D eigenvalue weighted by Crippen LogP contribution is 2.21. The molecule has 0 radical (unpaired) electrons. The molecule has 0 saturated heterocycles. The molecule has 2 aromatic rings. The minimum Gasteiger partial charge on any atom is -0.350 e. The van der Waals surface area contributed by atoms with Crippen molar-refractivity contribution in [1.29, 1.82) is 0 Å². The van der Waals surface area contributed by atoms with E-state index in [1.807, 2.05) is 25.1 Å². The average molecular weight is 332 g/mol. The van der Waals surface area contributed by atoms with Crippen LogP contribution in [0, 0.1) is 6.92 Å². The van der Waals surface area contributed by atoms with Gasteiger partial charge in [-0.15, -0.1) is 0 Å². The number of carbonyl (C=O) groups is 1. The molecule has 0 aliphatic carbocycles. The van der Waals surface area contributed by atoms with Crippen LogP contribution < -0.4 is 9.62 Å². The molecule has 0 fully saturated rings.